The van der Waals surface area contributed by atoms with Gasteiger partial charge in [-0.3, -0.25) is 4.79 Å². The summed E-state index contributed by atoms with van der Waals surface area (Å²) < 4.78 is 76.9. The standard InChI is InChI=1S/C13H12F6O2/c14-12(15,16)8-21-5-4-11(20)7-9-2-1-3-10(6-9)13(17,18)19/h1-3,6H,4-5,7-8H2. The van der Waals surface area contributed by atoms with Crippen molar-refractivity contribution < 1.29 is 35.9 Å². The van der Waals surface area contributed by atoms with Crippen LogP contribution in [0.25, 0.3) is 0 Å². The van der Waals surface area contributed by atoms with Crippen molar-refractivity contribution in [2.24, 2.45) is 0 Å². The first-order valence-electron chi connectivity index (χ1n) is 5.90. The number of ether oxygens (including phenoxy) is 1. The quantitative estimate of drug-likeness (QED) is 0.590. The second-order valence-corrected chi connectivity index (χ2v) is 4.33. The number of hydrogen-bond acceptors (Lipinski definition) is 2. The van der Waals surface area contributed by atoms with Crippen LogP contribution in [0.5, 0.6) is 0 Å². The van der Waals surface area contributed by atoms with Crippen molar-refractivity contribution in [3.63, 3.8) is 0 Å². The van der Waals surface area contributed by atoms with Crippen molar-refractivity contribution in [1.82, 2.24) is 0 Å². The summed E-state index contributed by atoms with van der Waals surface area (Å²) in [4.78, 5) is 11.5. The molecule has 0 saturated heterocycles. The van der Waals surface area contributed by atoms with Crippen molar-refractivity contribution in [3.8, 4) is 0 Å². The Labute approximate surface area is 116 Å². The van der Waals surface area contributed by atoms with Gasteiger partial charge in [0.15, 0.2) is 0 Å². The van der Waals surface area contributed by atoms with Gasteiger partial charge in [0.2, 0.25) is 0 Å². The summed E-state index contributed by atoms with van der Waals surface area (Å²) in [5, 5.41) is 0. The van der Waals surface area contributed by atoms with Crippen LogP contribution in [-0.2, 0) is 22.1 Å². The van der Waals surface area contributed by atoms with Gasteiger partial charge in [0.05, 0.1) is 12.2 Å². The van der Waals surface area contributed by atoms with Crippen molar-refractivity contribution in [2.45, 2.75) is 25.2 Å². The molecular weight excluding hydrogens is 302 g/mol. The number of carbonyl (C=O) groups excluding carboxylic acids is 1. The molecule has 0 bridgehead atoms. The predicted octanol–water partition coefficient (Wildman–Crippen LogP) is 3.79. The van der Waals surface area contributed by atoms with E-state index in [4.69, 9.17) is 0 Å². The lowest BCUT2D eigenvalue weighted by Crippen LogP contribution is -2.18. The number of alkyl halides is 6. The molecule has 8 heteroatoms. The Morgan fingerprint density at radius 1 is 1.10 bits per heavy atom. The molecule has 0 aliphatic carbocycles. The van der Waals surface area contributed by atoms with E-state index in [-0.39, 0.29) is 18.4 Å². The molecule has 0 amide bonds. The summed E-state index contributed by atoms with van der Waals surface area (Å²) in [6.07, 6.45) is -9.54. The van der Waals surface area contributed by atoms with E-state index in [0.717, 1.165) is 12.1 Å². The highest BCUT2D eigenvalue weighted by molar-refractivity contribution is 5.80. The molecule has 0 unspecified atom stereocenters. The van der Waals surface area contributed by atoms with Crippen molar-refractivity contribution in [3.05, 3.63) is 35.4 Å². The zero-order chi connectivity index (χ0) is 16.1. The summed E-state index contributed by atoms with van der Waals surface area (Å²) in [5.41, 5.74) is -0.716. The monoisotopic (exact) mass is 314 g/mol. The van der Waals surface area contributed by atoms with Crippen LogP contribution in [0.4, 0.5) is 26.3 Å². The highest BCUT2D eigenvalue weighted by Crippen LogP contribution is 2.29. The highest BCUT2D eigenvalue weighted by Gasteiger charge is 2.30. The van der Waals surface area contributed by atoms with Crippen LogP contribution < -0.4 is 0 Å². The molecule has 0 spiro atoms. The lowest BCUT2D eigenvalue weighted by molar-refractivity contribution is -0.174. The predicted molar refractivity (Wildman–Crippen MR) is 61.6 cm³/mol. The highest BCUT2D eigenvalue weighted by atomic mass is 19.4. The average Bonchev–Trinajstić information content (AvgIpc) is 2.33. The summed E-state index contributed by atoms with van der Waals surface area (Å²) in [6, 6.07) is 4.24. The lowest BCUT2D eigenvalue weighted by Gasteiger charge is -2.09. The molecule has 21 heavy (non-hydrogen) atoms. The van der Waals surface area contributed by atoms with E-state index in [1.807, 2.05) is 0 Å². The van der Waals surface area contributed by atoms with E-state index >= 15 is 0 Å². The Bertz CT molecular complexity index is 478. The molecule has 0 saturated carbocycles. The molecule has 1 aromatic carbocycles. The molecule has 2 nitrogen and oxygen atoms in total. The number of halogens is 6. The van der Waals surface area contributed by atoms with Crippen LogP contribution in [0.2, 0.25) is 0 Å². The van der Waals surface area contributed by atoms with Gasteiger partial charge in [-0.05, 0) is 11.6 Å². The maximum atomic E-state index is 12.5. The SMILES string of the molecule is O=C(CCOCC(F)(F)F)Cc1cccc(C(F)(F)F)c1. The minimum atomic E-state index is -4.51. The molecular formula is C13H12F6O2. The number of Topliss-reactive ketones (excluding diaryl/α,β-unsaturated/α-hetero) is 1. The number of benzene rings is 1. The molecule has 0 fully saturated rings. The van der Waals surface area contributed by atoms with Gasteiger partial charge in [-0.2, -0.15) is 26.3 Å². The lowest BCUT2D eigenvalue weighted by atomic mass is 10.0. The normalized spacial score (nSPS) is 12.5. The second kappa shape index (κ2) is 6.93. The van der Waals surface area contributed by atoms with Gasteiger partial charge in [-0.1, -0.05) is 18.2 Å². The van der Waals surface area contributed by atoms with E-state index < -0.39 is 36.9 Å². The number of hydrogen-bond donors (Lipinski definition) is 0. The fourth-order valence-corrected chi connectivity index (χ4v) is 1.55. The maximum Gasteiger partial charge on any atom is 0.416 e. The zero-order valence-corrected chi connectivity index (χ0v) is 10.7. The first-order chi connectivity index (χ1) is 9.58. The molecule has 118 valence electrons. The summed E-state index contributed by atoms with van der Waals surface area (Å²) >= 11 is 0. The Balaban J connectivity index is 2.45. The van der Waals surface area contributed by atoms with Crippen molar-refractivity contribution in [2.75, 3.05) is 13.2 Å². The van der Waals surface area contributed by atoms with Crippen molar-refractivity contribution in [1.29, 1.82) is 0 Å². The average molecular weight is 314 g/mol. The van der Waals surface area contributed by atoms with Gasteiger partial charge >= 0.3 is 12.4 Å². The summed E-state index contributed by atoms with van der Waals surface area (Å²) in [6.45, 7) is -1.87. The molecule has 1 rings (SSSR count). The van der Waals surface area contributed by atoms with Gasteiger partial charge in [0, 0.05) is 12.8 Å². The molecule has 0 aliphatic rings. The Kier molecular flexibility index (Phi) is 5.77. The molecule has 0 heterocycles. The number of ketones is 1. The second-order valence-electron chi connectivity index (χ2n) is 4.33. The van der Waals surface area contributed by atoms with Crippen LogP contribution in [0.15, 0.2) is 24.3 Å². The minimum absolute atomic E-state index is 0.158. The molecule has 0 atom stereocenters. The first kappa shape index (κ1) is 17.5. The van der Waals surface area contributed by atoms with E-state index in [2.05, 4.69) is 4.74 Å². The van der Waals surface area contributed by atoms with Crippen LogP contribution in [0, 0.1) is 0 Å². The third kappa shape index (κ3) is 7.12. The van der Waals surface area contributed by atoms with Gasteiger partial charge in [-0.25, -0.2) is 0 Å². The Hall–Kier alpha value is -1.57. The topological polar surface area (TPSA) is 26.3 Å². The number of carbonyl (C=O) groups is 1. The third-order valence-electron chi connectivity index (χ3n) is 2.45. The van der Waals surface area contributed by atoms with Crippen molar-refractivity contribution >= 4 is 5.78 Å². The molecule has 0 aromatic heterocycles. The maximum absolute atomic E-state index is 12.5. The van der Waals surface area contributed by atoms with Crippen LogP contribution in [-0.4, -0.2) is 25.2 Å². The van der Waals surface area contributed by atoms with E-state index in [9.17, 15) is 31.1 Å². The fraction of sp³-hybridized carbons (Fsp3) is 0.462. The third-order valence-corrected chi connectivity index (χ3v) is 2.45. The Morgan fingerprint density at radius 3 is 2.33 bits per heavy atom. The van der Waals surface area contributed by atoms with Crippen LogP contribution in [0.3, 0.4) is 0 Å². The largest absolute Gasteiger partial charge is 0.416 e. The first-order valence-corrected chi connectivity index (χ1v) is 5.90. The fourth-order valence-electron chi connectivity index (χ4n) is 1.55. The molecule has 0 aliphatic heterocycles. The summed E-state index contributed by atoms with van der Waals surface area (Å²) in [5.74, 6) is -0.489. The number of rotatable bonds is 6. The van der Waals surface area contributed by atoms with Crippen LogP contribution in [0.1, 0.15) is 17.5 Å². The van der Waals surface area contributed by atoms with Crippen LogP contribution >= 0.6 is 0 Å². The van der Waals surface area contributed by atoms with E-state index in [1.54, 1.807) is 0 Å². The van der Waals surface area contributed by atoms with E-state index in [0.29, 0.717) is 0 Å². The molecule has 0 N–H and O–H groups in total. The molecule has 1 aromatic rings. The smallest absolute Gasteiger partial charge is 0.372 e. The van der Waals surface area contributed by atoms with Gasteiger partial charge in [0.1, 0.15) is 12.4 Å². The Morgan fingerprint density at radius 2 is 1.76 bits per heavy atom. The van der Waals surface area contributed by atoms with Gasteiger partial charge in [-0.15, -0.1) is 0 Å². The van der Waals surface area contributed by atoms with Gasteiger partial charge in [0.25, 0.3) is 0 Å². The summed E-state index contributed by atoms with van der Waals surface area (Å²) in [7, 11) is 0. The van der Waals surface area contributed by atoms with E-state index in [1.165, 1.54) is 12.1 Å². The van der Waals surface area contributed by atoms with Gasteiger partial charge < -0.3 is 4.74 Å². The molecule has 0 radical (unpaired) electrons. The minimum Gasteiger partial charge on any atom is -0.372 e. The zero-order valence-electron chi connectivity index (χ0n) is 10.7.